The van der Waals surface area contributed by atoms with Crippen LogP contribution in [0.4, 0.5) is 5.69 Å². The summed E-state index contributed by atoms with van der Waals surface area (Å²) in [5, 5.41) is 3.19. The summed E-state index contributed by atoms with van der Waals surface area (Å²) < 4.78 is 0. The van der Waals surface area contributed by atoms with Crippen LogP contribution in [0.15, 0.2) is 25.3 Å². The maximum absolute atomic E-state index is 3.19. The van der Waals surface area contributed by atoms with Crippen LogP contribution in [0, 0.1) is 20.8 Å². The molecule has 1 aromatic carbocycles. The minimum absolute atomic E-state index is 1.26. The maximum atomic E-state index is 3.19. The molecule has 0 heterocycles. The summed E-state index contributed by atoms with van der Waals surface area (Å²) in [4.78, 5) is 0. The lowest BCUT2D eigenvalue weighted by atomic mass is 10.1. The van der Waals surface area contributed by atoms with Gasteiger partial charge in [0.05, 0.1) is 0 Å². The van der Waals surface area contributed by atoms with Gasteiger partial charge in [0.1, 0.15) is 0 Å². The predicted molar refractivity (Wildman–Crippen MR) is 61.5 cm³/mol. The normalized spacial score (nSPS) is 8.62. The van der Waals surface area contributed by atoms with E-state index in [0.717, 1.165) is 0 Å². The number of hydrogen-bond donors (Lipinski definition) is 1. The van der Waals surface area contributed by atoms with Gasteiger partial charge < -0.3 is 5.32 Å². The van der Waals surface area contributed by atoms with Crippen LogP contribution in [0.1, 0.15) is 16.7 Å². The Bertz CT molecular complexity index is 253. The van der Waals surface area contributed by atoms with Crippen LogP contribution >= 0.6 is 0 Å². The van der Waals surface area contributed by atoms with Crippen LogP contribution in [-0.4, -0.2) is 7.05 Å². The fourth-order valence-corrected chi connectivity index (χ4v) is 1.57. The van der Waals surface area contributed by atoms with Gasteiger partial charge in [-0.1, -0.05) is 17.7 Å². The molecule has 72 valence electrons. The first-order chi connectivity index (χ1) is 6.15. The van der Waals surface area contributed by atoms with Gasteiger partial charge in [-0.25, -0.2) is 0 Å². The summed E-state index contributed by atoms with van der Waals surface area (Å²) in [6, 6.07) is 4.39. The van der Waals surface area contributed by atoms with Crippen molar-refractivity contribution in [3.05, 3.63) is 42.0 Å². The zero-order valence-electron chi connectivity index (χ0n) is 9.07. The molecule has 1 aromatic rings. The number of anilines is 1. The van der Waals surface area contributed by atoms with E-state index in [1.165, 1.54) is 22.4 Å². The van der Waals surface area contributed by atoms with E-state index in [1.807, 2.05) is 7.05 Å². The van der Waals surface area contributed by atoms with Crippen LogP contribution in [0.3, 0.4) is 0 Å². The predicted octanol–water partition coefficient (Wildman–Crippen LogP) is 3.46. The van der Waals surface area contributed by atoms with Crippen molar-refractivity contribution < 1.29 is 0 Å². The number of nitrogens with one attached hydrogen (secondary N) is 1. The second-order valence-electron chi connectivity index (χ2n) is 3.02. The molecule has 0 fully saturated rings. The fraction of sp³-hybridized carbons (Fsp3) is 0.333. The summed E-state index contributed by atoms with van der Waals surface area (Å²) in [5.41, 5.74) is 5.24. The SMILES string of the molecule is C=C.CNc1c(C)cc(C)cc1C. The van der Waals surface area contributed by atoms with Crippen molar-refractivity contribution >= 4 is 5.69 Å². The molecule has 1 heteroatoms. The molecule has 0 aliphatic heterocycles. The molecule has 0 radical (unpaired) electrons. The lowest BCUT2D eigenvalue weighted by Crippen LogP contribution is -1.95. The highest BCUT2D eigenvalue weighted by Crippen LogP contribution is 2.20. The molecular weight excluding hydrogens is 158 g/mol. The molecule has 0 aliphatic carbocycles. The van der Waals surface area contributed by atoms with Crippen molar-refractivity contribution in [2.45, 2.75) is 20.8 Å². The van der Waals surface area contributed by atoms with E-state index in [-0.39, 0.29) is 0 Å². The molecule has 0 atom stereocenters. The van der Waals surface area contributed by atoms with E-state index in [4.69, 9.17) is 0 Å². The van der Waals surface area contributed by atoms with Crippen molar-refractivity contribution in [3.63, 3.8) is 0 Å². The first-order valence-corrected chi connectivity index (χ1v) is 4.40. The van der Waals surface area contributed by atoms with Gasteiger partial charge in [0.15, 0.2) is 0 Å². The molecular formula is C12H19N. The first kappa shape index (κ1) is 11.8. The van der Waals surface area contributed by atoms with Gasteiger partial charge in [0.2, 0.25) is 0 Å². The van der Waals surface area contributed by atoms with Crippen molar-refractivity contribution in [1.82, 2.24) is 0 Å². The third-order valence-corrected chi connectivity index (χ3v) is 1.93. The Morgan fingerprint density at radius 2 is 1.38 bits per heavy atom. The Hall–Kier alpha value is -1.24. The molecule has 0 aliphatic rings. The lowest BCUT2D eigenvalue weighted by Gasteiger charge is -2.09. The van der Waals surface area contributed by atoms with Crippen molar-refractivity contribution in [3.8, 4) is 0 Å². The largest absolute Gasteiger partial charge is 0.388 e. The smallest absolute Gasteiger partial charge is 0.0397 e. The first-order valence-electron chi connectivity index (χ1n) is 4.40. The Labute approximate surface area is 81.5 Å². The third kappa shape index (κ3) is 2.94. The zero-order valence-corrected chi connectivity index (χ0v) is 9.07. The van der Waals surface area contributed by atoms with Gasteiger partial charge in [-0.05, 0) is 31.9 Å². The quantitative estimate of drug-likeness (QED) is 0.648. The Morgan fingerprint density at radius 3 is 1.69 bits per heavy atom. The fourth-order valence-electron chi connectivity index (χ4n) is 1.57. The monoisotopic (exact) mass is 177 g/mol. The molecule has 1 rings (SSSR count). The van der Waals surface area contributed by atoms with E-state index in [1.54, 1.807) is 0 Å². The van der Waals surface area contributed by atoms with E-state index in [2.05, 4.69) is 51.4 Å². The minimum Gasteiger partial charge on any atom is -0.388 e. The van der Waals surface area contributed by atoms with Gasteiger partial charge in [-0.15, -0.1) is 13.2 Å². The van der Waals surface area contributed by atoms with E-state index >= 15 is 0 Å². The Kier molecular flexibility index (Phi) is 4.90. The second-order valence-corrected chi connectivity index (χ2v) is 3.02. The summed E-state index contributed by atoms with van der Waals surface area (Å²) in [6.07, 6.45) is 0. The van der Waals surface area contributed by atoms with E-state index in [9.17, 15) is 0 Å². The summed E-state index contributed by atoms with van der Waals surface area (Å²) in [7, 11) is 1.96. The van der Waals surface area contributed by atoms with E-state index < -0.39 is 0 Å². The lowest BCUT2D eigenvalue weighted by molar-refractivity contribution is 1.29. The molecule has 0 spiro atoms. The number of aryl methyl sites for hydroxylation is 3. The zero-order chi connectivity index (χ0) is 10.4. The minimum atomic E-state index is 1.26. The molecule has 1 N–H and O–H groups in total. The van der Waals surface area contributed by atoms with Crippen molar-refractivity contribution in [1.29, 1.82) is 0 Å². The standard InChI is InChI=1S/C10H15N.C2H4/c1-7-5-8(2)10(11-4)9(3)6-7;1-2/h5-6,11H,1-4H3;1-2H2. The van der Waals surface area contributed by atoms with Gasteiger partial charge in [-0.2, -0.15) is 0 Å². The van der Waals surface area contributed by atoms with Gasteiger partial charge >= 0.3 is 0 Å². The van der Waals surface area contributed by atoms with Crippen LogP contribution in [-0.2, 0) is 0 Å². The summed E-state index contributed by atoms with van der Waals surface area (Å²) in [6.45, 7) is 12.4. The van der Waals surface area contributed by atoms with Crippen LogP contribution in [0.2, 0.25) is 0 Å². The van der Waals surface area contributed by atoms with Crippen molar-refractivity contribution in [2.24, 2.45) is 0 Å². The third-order valence-electron chi connectivity index (χ3n) is 1.93. The molecule has 0 bridgehead atoms. The molecule has 1 nitrogen and oxygen atoms in total. The average molecular weight is 177 g/mol. The van der Waals surface area contributed by atoms with E-state index in [0.29, 0.717) is 0 Å². The summed E-state index contributed by atoms with van der Waals surface area (Å²) in [5.74, 6) is 0. The number of hydrogen-bond acceptors (Lipinski definition) is 1. The molecule has 0 saturated carbocycles. The van der Waals surface area contributed by atoms with Gasteiger partial charge in [0.25, 0.3) is 0 Å². The molecule has 0 saturated heterocycles. The molecule has 13 heavy (non-hydrogen) atoms. The van der Waals surface area contributed by atoms with Crippen molar-refractivity contribution in [2.75, 3.05) is 12.4 Å². The molecule has 0 aromatic heterocycles. The highest BCUT2D eigenvalue weighted by Gasteiger charge is 1.99. The highest BCUT2D eigenvalue weighted by atomic mass is 14.8. The molecule has 0 amide bonds. The van der Waals surface area contributed by atoms with Crippen LogP contribution in [0.25, 0.3) is 0 Å². The molecule has 0 unspecified atom stereocenters. The van der Waals surface area contributed by atoms with Crippen LogP contribution < -0.4 is 5.32 Å². The maximum Gasteiger partial charge on any atom is 0.0397 e. The second kappa shape index (κ2) is 5.41. The van der Waals surface area contributed by atoms with Gasteiger partial charge in [-0.3, -0.25) is 0 Å². The Morgan fingerprint density at radius 1 is 1.00 bits per heavy atom. The Balaban J connectivity index is 0.000000671. The topological polar surface area (TPSA) is 12.0 Å². The highest BCUT2D eigenvalue weighted by molar-refractivity contribution is 5.57. The van der Waals surface area contributed by atoms with Crippen LogP contribution in [0.5, 0.6) is 0 Å². The average Bonchev–Trinajstić information content (AvgIpc) is 2.07. The van der Waals surface area contributed by atoms with Gasteiger partial charge in [0, 0.05) is 12.7 Å². The summed E-state index contributed by atoms with van der Waals surface area (Å²) >= 11 is 0. The number of benzene rings is 1. The number of rotatable bonds is 1.